The molecule has 124 valence electrons. The molecule has 1 heterocycles. The molecule has 0 atom stereocenters. The Morgan fingerprint density at radius 3 is 2.09 bits per heavy atom. The number of methoxy groups -OCH3 is 4. The van der Waals surface area contributed by atoms with Crippen LogP contribution in [0.2, 0.25) is 0 Å². The maximum absolute atomic E-state index is 5.36. The zero-order chi connectivity index (χ0) is 16.7. The van der Waals surface area contributed by atoms with Gasteiger partial charge in [-0.05, 0) is 24.3 Å². The summed E-state index contributed by atoms with van der Waals surface area (Å²) in [5, 5.41) is 9.35. The highest BCUT2D eigenvalue weighted by molar-refractivity contribution is 7.99. The van der Waals surface area contributed by atoms with Crippen molar-refractivity contribution in [2.24, 2.45) is 0 Å². The first-order valence-electron chi connectivity index (χ1n) is 6.99. The molecule has 0 amide bonds. The van der Waals surface area contributed by atoms with Crippen LogP contribution >= 0.6 is 11.8 Å². The Hall–Kier alpha value is -1.99. The number of hydrogen-bond acceptors (Lipinski definition) is 7. The second kappa shape index (κ2) is 8.59. The van der Waals surface area contributed by atoms with Gasteiger partial charge in [0.25, 0.3) is 0 Å². The maximum Gasteiger partial charge on any atom is 0.203 e. The highest BCUT2D eigenvalue weighted by atomic mass is 32.2. The summed E-state index contributed by atoms with van der Waals surface area (Å²) >= 11 is 1.60. The lowest BCUT2D eigenvalue weighted by molar-refractivity contribution is 0.218. The van der Waals surface area contributed by atoms with E-state index in [2.05, 4.69) is 10.2 Å². The number of nitrogens with zero attached hydrogens (tertiary/aromatic N) is 2. The SMILES string of the molecule is COCCSc1ccc(-c2cc(OC)c(OC)c(OC)c2)nn1. The zero-order valence-electron chi connectivity index (χ0n) is 13.7. The van der Waals surface area contributed by atoms with E-state index in [4.69, 9.17) is 18.9 Å². The third-order valence-corrected chi connectivity index (χ3v) is 4.02. The van der Waals surface area contributed by atoms with Crippen LogP contribution in [0.25, 0.3) is 11.3 Å². The molecule has 0 unspecified atom stereocenters. The lowest BCUT2D eigenvalue weighted by Gasteiger charge is -2.13. The fourth-order valence-corrected chi connectivity index (χ4v) is 2.73. The smallest absolute Gasteiger partial charge is 0.203 e. The van der Waals surface area contributed by atoms with Gasteiger partial charge in [-0.1, -0.05) is 0 Å². The predicted molar refractivity (Wildman–Crippen MR) is 89.7 cm³/mol. The molecule has 0 saturated carbocycles. The van der Waals surface area contributed by atoms with Crippen LogP contribution in [0.15, 0.2) is 29.3 Å². The molecule has 0 N–H and O–H groups in total. The van der Waals surface area contributed by atoms with Crippen molar-refractivity contribution in [3.8, 4) is 28.5 Å². The molecular formula is C16H20N2O4S. The van der Waals surface area contributed by atoms with E-state index in [1.165, 1.54) is 0 Å². The second-order valence-electron chi connectivity index (χ2n) is 4.51. The first kappa shape index (κ1) is 17.4. The van der Waals surface area contributed by atoms with E-state index in [0.717, 1.165) is 22.0 Å². The van der Waals surface area contributed by atoms with Gasteiger partial charge in [0, 0.05) is 18.4 Å². The van der Waals surface area contributed by atoms with Crippen molar-refractivity contribution in [2.45, 2.75) is 5.03 Å². The number of hydrogen-bond donors (Lipinski definition) is 0. The fraction of sp³-hybridized carbons (Fsp3) is 0.375. The number of thioether (sulfide) groups is 1. The van der Waals surface area contributed by atoms with Gasteiger partial charge in [-0.25, -0.2) is 0 Å². The molecule has 0 aliphatic heterocycles. The van der Waals surface area contributed by atoms with Crippen LogP contribution in [0.5, 0.6) is 17.2 Å². The third kappa shape index (κ3) is 4.27. The van der Waals surface area contributed by atoms with Crippen LogP contribution < -0.4 is 14.2 Å². The molecule has 0 aliphatic rings. The lowest BCUT2D eigenvalue weighted by atomic mass is 10.1. The number of ether oxygens (including phenoxy) is 4. The lowest BCUT2D eigenvalue weighted by Crippen LogP contribution is -1.97. The summed E-state index contributed by atoms with van der Waals surface area (Å²) in [6.07, 6.45) is 0. The molecule has 2 rings (SSSR count). The molecule has 1 aromatic heterocycles. The van der Waals surface area contributed by atoms with Gasteiger partial charge >= 0.3 is 0 Å². The Labute approximate surface area is 140 Å². The van der Waals surface area contributed by atoms with Crippen molar-refractivity contribution in [1.82, 2.24) is 10.2 Å². The Morgan fingerprint density at radius 2 is 1.61 bits per heavy atom. The number of rotatable bonds is 8. The molecule has 23 heavy (non-hydrogen) atoms. The van der Waals surface area contributed by atoms with Gasteiger partial charge in [-0.2, -0.15) is 0 Å². The van der Waals surface area contributed by atoms with Gasteiger partial charge in [0.05, 0.1) is 33.6 Å². The topological polar surface area (TPSA) is 62.7 Å². The van der Waals surface area contributed by atoms with Gasteiger partial charge in [0.15, 0.2) is 11.5 Å². The average molecular weight is 336 g/mol. The molecule has 0 aliphatic carbocycles. The highest BCUT2D eigenvalue weighted by Gasteiger charge is 2.15. The minimum absolute atomic E-state index is 0.554. The Morgan fingerprint density at radius 1 is 0.913 bits per heavy atom. The third-order valence-electron chi connectivity index (χ3n) is 3.14. The summed E-state index contributed by atoms with van der Waals surface area (Å²) in [6, 6.07) is 7.56. The monoisotopic (exact) mass is 336 g/mol. The molecule has 1 aromatic carbocycles. The minimum atomic E-state index is 0.554. The van der Waals surface area contributed by atoms with Crippen molar-refractivity contribution >= 4 is 11.8 Å². The predicted octanol–water partition coefficient (Wildman–Crippen LogP) is 2.91. The normalized spacial score (nSPS) is 10.4. The van der Waals surface area contributed by atoms with Crippen molar-refractivity contribution < 1.29 is 18.9 Å². The van der Waals surface area contributed by atoms with Crippen LogP contribution in [-0.2, 0) is 4.74 Å². The first-order chi connectivity index (χ1) is 11.2. The van der Waals surface area contributed by atoms with Gasteiger partial charge in [0.1, 0.15) is 5.03 Å². The van der Waals surface area contributed by atoms with Crippen LogP contribution in [0.1, 0.15) is 0 Å². The molecule has 2 aromatic rings. The van der Waals surface area contributed by atoms with E-state index < -0.39 is 0 Å². The minimum Gasteiger partial charge on any atom is -0.493 e. The Balaban J connectivity index is 2.27. The second-order valence-corrected chi connectivity index (χ2v) is 5.63. The largest absolute Gasteiger partial charge is 0.493 e. The fourth-order valence-electron chi connectivity index (χ4n) is 2.01. The summed E-state index contributed by atoms with van der Waals surface area (Å²) in [5.74, 6) is 2.57. The average Bonchev–Trinajstić information content (AvgIpc) is 2.61. The summed E-state index contributed by atoms with van der Waals surface area (Å²) < 4.78 is 21.1. The van der Waals surface area contributed by atoms with Crippen molar-refractivity contribution in [2.75, 3.05) is 40.8 Å². The van der Waals surface area contributed by atoms with Gasteiger partial charge in [-0.3, -0.25) is 0 Å². The van der Waals surface area contributed by atoms with Crippen molar-refractivity contribution in [1.29, 1.82) is 0 Å². The molecule has 0 spiro atoms. The van der Waals surface area contributed by atoms with Gasteiger partial charge in [-0.15, -0.1) is 22.0 Å². The van der Waals surface area contributed by atoms with Crippen LogP contribution in [0.3, 0.4) is 0 Å². The summed E-state index contributed by atoms with van der Waals surface area (Å²) in [4.78, 5) is 0. The zero-order valence-corrected chi connectivity index (χ0v) is 14.5. The Kier molecular flexibility index (Phi) is 6.49. The van der Waals surface area contributed by atoms with E-state index >= 15 is 0 Å². The number of benzene rings is 1. The summed E-state index contributed by atoms with van der Waals surface area (Å²) in [6.45, 7) is 0.682. The first-order valence-corrected chi connectivity index (χ1v) is 7.98. The molecule has 0 radical (unpaired) electrons. The van der Waals surface area contributed by atoms with E-state index in [1.807, 2.05) is 24.3 Å². The highest BCUT2D eigenvalue weighted by Crippen LogP contribution is 2.40. The molecule has 6 nitrogen and oxygen atoms in total. The quantitative estimate of drug-likeness (QED) is 0.542. The summed E-state index contributed by atoms with van der Waals surface area (Å²) in [5.41, 5.74) is 1.58. The van der Waals surface area contributed by atoms with E-state index in [1.54, 1.807) is 40.2 Å². The molecule has 7 heteroatoms. The molecule has 0 bridgehead atoms. The van der Waals surface area contributed by atoms with Gasteiger partial charge < -0.3 is 18.9 Å². The van der Waals surface area contributed by atoms with Crippen LogP contribution in [0.4, 0.5) is 0 Å². The van der Waals surface area contributed by atoms with E-state index in [0.29, 0.717) is 23.9 Å². The van der Waals surface area contributed by atoms with Crippen LogP contribution in [0, 0.1) is 0 Å². The molecular weight excluding hydrogens is 316 g/mol. The standard InChI is InChI=1S/C16H20N2O4S/c1-19-7-8-23-15-6-5-12(17-18-15)11-9-13(20-2)16(22-4)14(10-11)21-3/h5-6,9-10H,7-8H2,1-4H3. The van der Waals surface area contributed by atoms with Crippen molar-refractivity contribution in [3.05, 3.63) is 24.3 Å². The summed E-state index contributed by atoms with van der Waals surface area (Å²) in [7, 11) is 6.43. The Bertz CT molecular complexity index is 609. The number of aromatic nitrogens is 2. The molecule has 0 fully saturated rings. The van der Waals surface area contributed by atoms with Gasteiger partial charge in [0.2, 0.25) is 5.75 Å². The maximum atomic E-state index is 5.36. The van der Waals surface area contributed by atoms with Crippen LogP contribution in [-0.4, -0.2) is 51.0 Å². The van der Waals surface area contributed by atoms with Crippen molar-refractivity contribution in [3.63, 3.8) is 0 Å². The molecule has 0 saturated heterocycles. The van der Waals surface area contributed by atoms with E-state index in [9.17, 15) is 0 Å². The van der Waals surface area contributed by atoms with E-state index in [-0.39, 0.29) is 0 Å².